The van der Waals surface area contributed by atoms with E-state index in [1.54, 1.807) is 35.8 Å². The Labute approximate surface area is 204 Å². The van der Waals surface area contributed by atoms with Crippen molar-refractivity contribution in [1.82, 2.24) is 20.1 Å². The van der Waals surface area contributed by atoms with Gasteiger partial charge in [0.15, 0.2) is 11.0 Å². The Hall–Kier alpha value is -2.88. The van der Waals surface area contributed by atoms with Gasteiger partial charge < -0.3 is 15.2 Å². The van der Waals surface area contributed by atoms with Gasteiger partial charge in [-0.1, -0.05) is 53.2 Å². The van der Waals surface area contributed by atoms with Crippen molar-refractivity contribution in [3.8, 4) is 0 Å². The van der Waals surface area contributed by atoms with Crippen LogP contribution in [0, 0.1) is 5.82 Å². The maximum Gasteiger partial charge on any atom is 0.254 e. The lowest BCUT2D eigenvalue weighted by atomic mass is 10.2. The summed E-state index contributed by atoms with van der Waals surface area (Å²) in [5.74, 6) is -0.979. The first-order valence-electron chi connectivity index (χ1n) is 9.77. The minimum Gasteiger partial charge on any atom is -0.342 e. The van der Waals surface area contributed by atoms with Crippen molar-refractivity contribution >= 4 is 52.5 Å². The molecule has 0 aliphatic rings. The third-order valence-electron chi connectivity index (χ3n) is 4.45. The van der Waals surface area contributed by atoms with Gasteiger partial charge in [0.25, 0.3) is 5.91 Å². The molecule has 0 aliphatic carbocycles. The molecule has 1 heterocycles. The number of nitrogens with one attached hydrogen (secondary N) is 2. The zero-order valence-electron chi connectivity index (χ0n) is 17.5. The summed E-state index contributed by atoms with van der Waals surface area (Å²) in [7, 11) is 0. The molecule has 1 atom stereocenters. The number of aromatic nitrogens is 3. The summed E-state index contributed by atoms with van der Waals surface area (Å²) in [6.07, 6.45) is 1.65. The monoisotopic (exact) mass is 507 g/mol. The Bertz CT molecular complexity index is 1190. The summed E-state index contributed by atoms with van der Waals surface area (Å²) in [5, 5.41) is 15.0. The normalized spacial score (nSPS) is 11.6. The standard InChI is InChI=1S/C22H20Cl2FN5O2S/c1-3-10-30-20(13(2)26-21(32)15-6-4-5-7-17(15)25)28-29-22(30)33-12-19(31)27-18-9-8-14(23)11-16(18)24/h3-9,11,13H,1,10,12H2,2H3,(H,26,32)(H,27,31). The Morgan fingerprint density at radius 2 is 2.00 bits per heavy atom. The molecule has 0 saturated carbocycles. The van der Waals surface area contributed by atoms with Crippen molar-refractivity contribution in [2.45, 2.75) is 24.7 Å². The molecule has 2 aromatic carbocycles. The second kappa shape index (κ2) is 11.3. The van der Waals surface area contributed by atoms with Gasteiger partial charge in [-0.15, -0.1) is 16.8 Å². The number of rotatable bonds is 9. The number of halogens is 3. The lowest BCUT2D eigenvalue weighted by Gasteiger charge is -2.15. The van der Waals surface area contributed by atoms with E-state index in [0.29, 0.717) is 33.3 Å². The summed E-state index contributed by atoms with van der Waals surface area (Å²) >= 11 is 13.1. The van der Waals surface area contributed by atoms with Gasteiger partial charge in [0.05, 0.1) is 28.1 Å². The number of anilines is 1. The van der Waals surface area contributed by atoms with Gasteiger partial charge in [0.2, 0.25) is 5.91 Å². The van der Waals surface area contributed by atoms with Crippen molar-refractivity contribution in [2.75, 3.05) is 11.1 Å². The van der Waals surface area contributed by atoms with Crippen LogP contribution in [0.3, 0.4) is 0 Å². The van der Waals surface area contributed by atoms with Gasteiger partial charge in [0.1, 0.15) is 5.82 Å². The van der Waals surface area contributed by atoms with Crippen LogP contribution in [0.2, 0.25) is 10.0 Å². The molecule has 0 fully saturated rings. The smallest absolute Gasteiger partial charge is 0.254 e. The molecule has 2 amide bonds. The average molecular weight is 508 g/mol. The highest BCUT2D eigenvalue weighted by Gasteiger charge is 2.21. The number of allylic oxidation sites excluding steroid dienone is 1. The fourth-order valence-corrected chi connectivity index (χ4v) is 4.13. The lowest BCUT2D eigenvalue weighted by molar-refractivity contribution is -0.113. The second-order valence-corrected chi connectivity index (χ2v) is 8.66. The highest BCUT2D eigenvalue weighted by molar-refractivity contribution is 7.99. The fraction of sp³-hybridized carbons (Fsp3) is 0.182. The highest BCUT2D eigenvalue weighted by atomic mass is 35.5. The van der Waals surface area contributed by atoms with Crippen molar-refractivity contribution < 1.29 is 14.0 Å². The van der Waals surface area contributed by atoms with Crippen molar-refractivity contribution in [3.05, 3.63) is 82.4 Å². The third-order valence-corrected chi connectivity index (χ3v) is 5.96. The predicted molar refractivity (Wildman–Crippen MR) is 128 cm³/mol. The predicted octanol–water partition coefficient (Wildman–Crippen LogP) is 5.13. The van der Waals surface area contributed by atoms with E-state index < -0.39 is 17.8 Å². The van der Waals surface area contributed by atoms with E-state index in [1.807, 2.05) is 0 Å². The van der Waals surface area contributed by atoms with Crippen LogP contribution in [0.15, 0.2) is 60.3 Å². The summed E-state index contributed by atoms with van der Waals surface area (Å²) in [4.78, 5) is 24.8. The molecule has 2 N–H and O–H groups in total. The number of thioether (sulfide) groups is 1. The van der Waals surface area contributed by atoms with E-state index in [1.165, 1.54) is 36.0 Å². The molecule has 0 spiro atoms. The topological polar surface area (TPSA) is 88.9 Å². The molecule has 0 aliphatic heterocycles. The molecular formula is C22H20Cl2FN5O2S. The van der Waals surface area contributed by atoms with Crippen LogP contribution in [-0.4, -0.2) is 32.3 Å². The van der Waals surface area contributed by atoms with Gasteiger partial charge in [-0.2, -0.15) is 0 Å². The van der Waals surface area contributed by atoms with Crippen LogP contribution in [0.4, 0.5) is 10.1 Å². The van der Waals surface area contributed by atoms with Crippen molar-refractivity contribution in [2.24, 2.45) is 0 Å². The summed E-state index contributed by atoms with van der Waals surface area (Å²) in [6, 6.07) is 9.92. The largest absolute Gasteiger partial charge is 0.342 e. The molecule has 1 aromatic heterocycles. The van der Waals surface area contributed by atoms with Gasteiger partial charge in [0, 0.05) is 11.6 Å². The SMILES string of the molecule is C=CCn1c(SCC(=O)Nc2ccc(Cl)cc2Cl)nnc1C(C)NC(=O)c1ccccc1F. The van der Waals surface area contributed by atoms with Gasteiger partial charge in [-0.25, -0.2) is 4.39 Å². The molecule has 0 bridgehead atoms. The number of nitrogens with zero attached hydrogens (tertiary/aromatic N) is 3. The summed E-state index contributed by atoms with van der Waals surface area (Å²) < 4.78 is 15.6. The van der Waals surface area contributed by atoms with Crippen LogP contribution < -0.4 is 10.6 Å². The molecule has 0 saturated heterocycles. The van der Waals surface area contributed by atoms with Crippen LogP contribution in [0.5, 0.6) is 0 Å². The minimum absolute atomic E-state index is 0.0458. The highest BCUT2D eigenvalue weighted by Crippen LogP contribution is 2.26. The number of carbonyl (C=O) groups excluding carboxylic acids is 2. The molecule has 172 valence electrons. The molecular weight excluding hydrogens is 488 g/mol. The minimum atomic E-state index is -0.613. The summed E-state index contributed by atoms with van der Waals surface area (Å²) in [5.41, 5.74) is 0.385. The lowest BCUT2D eigenvalue weighted by Crippen LogP contribution is -2.29. The zero-order chi connectivity index (χ0) is 24.0. The maximum absolute atomic E-state index is 13.9. The van der Waals surface area contributed by atoms with E-state index in [2.05, 4.69) is 27.4 Å². The van der Waals surface area contributed by atoms with Crippen LogP contribution >= 0.6 is 35.0 Å². The molecule has 0 radical (unpaired) electrons. The Balaban J connectivity index is 1.68. The maximum atomic E-state index is 13.9. The second-order valence-electron chi connectivity index (χ2n) is 6.88. The van der Waals surface area contributed by atoms with E-state index in [9.17, 15) is 14.0 Å². The number of benzene rings is 2. The van der Waals surface area contributed by atoms with Gasteiger partial charge in [-0.3, -0.25) is 9.59 Å². The Morgan fingerprint density at radius 1 is 1.24 bits per heavy atom. The van der Waals surface area contributed by atoms with Crippen LogP contribution in [-0.2, 0) is 11.3 Å². The quantitative estimate of drug-likeness (QED) is 0.309. The molecule has 3 aromatic rings. The van der Waals surface area contributed by atoms with Crippen LogP contribution in [0.25, 0.3) is 0 Å². The number of carbonyl (C=O) groups is 2. The third kappa shape index (κ3) is 6.34. The number of hydrogen-bond acceptors (Lipinski definition) is 5. The first kappa shape index (κ1) is 24.8. The molecule has 7 nitrogen and oxygen atoms in total. The zero-order valence-corrected chi connectivity index (χ0v) is 19.8. The van der Waals surface area contributed by atoms with Crippen molar-refractivity contribution in [1.29, 1.82) is 0 Å². The Kier molecular flexibility index (Phi) is 8.49. The number of hydrogen-bond donors (Lipinski definition) is 2. The van der Waals surface area contributed by atoms with E-state index in [-0.39, 0.29) is 17.2 Å². The van der Waals surface area contributed by atoms with Crippen LogP contribution in [0.1, 0.15) is 29.1 Å². The molecule has 3 rings (SSSR count). The first-order valence-corrected chi connectivity index (χ1v) is 11.5. The summed E-state index contributed by atoms with van der Waals surface area (Å²) in [6.45, 7) is 5.81. The van der Waals surface area contributed by atoms with Gasteiger partial charge >= 0.3 is 0 Å². The fourth-order valence-electron chi connectivity index (χ4n) is 2.92. The molecule has 1 unspecified atom stereocenters. The molecule has 11 heteroatoms. The molecule has 33 heavy (non-hydrogen) atoms. The van der Waals surface area contributed by atoms with E-state index in [4.69, 9.17) is 23.2 Å². The van der Waals surface area contributed by atoms with E-state index >= 15 is 0 Å². The van der Waals surface area contributed by atoms with Gasteiger partial charge in [-0.05, 0) is 37.3 Å². The number of amides is 2. The average Bonchev–Trinajstić information content (AvgIpc) is 3.17. The van der Waals surface area contributed by atoms with Crippen molar-refractivity contribution in [3.63, 3.8) is 0 Å². The Morgan fingerprint density at radius 3 is 2.70 bits per heavy atom. The van der Waals surface area contributed by atoms with E-state index in [0.717, 1.165) is 0 Å². The first-order chi connectivity index (χ1) is 15.8.